The number of rotatable bonds is 4. The summed E-state index contributed by atoms with van der Waals surface area (Å²) < 4.78 is 10.4. The number of furan rings is 1. The quantitative estimate of drug-likeness (QED) is 0.622. The van der Waals surface area contributed by atoms with Crippen molar-refractivity contribution in [3.63, 3.8) is 0 Å². The van der Waals surface area contributed by atoms with Gasteiger partial charge in [-0.15, -0.1) is 11.3 Å². The predicted molar refractivity (Wildman–Crippen MR) is 105 cm³/mol. The predicted octanol–water partition coefficient (Wildman–Crippen LogP) is 2.73. The maximum atomic E-state index is 12.4. The lowest BCUT2D eigenvalue weighted by molar-refractivity contribution is 0.0531. The number of nitrogens with zero attached hydrogens (tertiary/aromatic N) is 4. The smallest absolute Gasteiger partial charge is 0.348 e. The van der Waals surface area contributed by atoms with Gasteiger partial charge in [-0.05, 0) is 31.5 Å². The fourth-order valence-electron chi connectivity index (χ4n) is 3.36. The van der Waals surface area contributed by atoms with Gasteiger partial charge in [-0.25, -0.2) is 14.8 Å². The van der Waals surface area contributed by atoms with Crippen LogP contribution in [0.3, 0.4) is 0 Å². The highest BCUT2D eigenvalue weighted by Gasteiger charge is 2.27. The number of esters is 1. The Morgan fingerprint density at radius 3 is 2.71 bits per heavy atom. The topological polar surface area (TPSA) is 88.8 Å². The highest BCUT2D eigenvalue weighted by Crippen LogP contribution is 2.35. The van der Waals surface area contributed by atoms with Crippen molar-refractivity contribution in [2.75, 3.05) is 37.7 Å². The second-order valence-electron chi connectivity index (χ2n) is 6.41. The number of ether oxygens (including phenoxy) is 1. The number of hydrogen-bond acceptors (Lipinski definition) is 8. The van der Waals surface area contributed by atoms with Gasteiger partial charge in [-0.1, -0.05) is 0 Å². The minimum atomic E-state index is -0.331. The van der Waals surface area contributed by atoms with Gasteiger partial charge in [0.1, 0.15) is 21.9 Å². The van der Waals surface area contributed by atoms with Gasteiger partial charge >= 0.3 is 5.97 Å². The maximum absolute atomic E-state index is 12.4. The van der Waals surface area contributed by atoms with E-state index in [-0.39, 0.29) is 11.9 Å². The fraction of sp³-hybridized carbons (Fsp3) is 0.368. The van der Waals surface area contributed by atoms with E-state index in [4.69, 9.17) is 9.15 Å². The van der Waals surface area contributed by atoms with E-state index in [1.165, 1.54) is 23.9 Å². The molecule has 0 aliphatic carbocycles. The van der Waals surface area contributed by atoms with Crippen LogP contribution < -0.4 is 4.90 Å². The van der Waals surface area contributed by atoms with Crippen molar-refractivity contribution in [1.82, 2.24) is 14.9 Å². The second kappa shape index (κ2) is 7.59. The molecule has 0 radical (unpaired) electrons. The average Bonchev–Trinajstić information content (AvgIpc) is 3.36. The van der Waals surface area contributed by atoms with E-state index in [0.717, 1.165) is 21.6 Å². The van der Waals surface area contributed by atoms with Crippen molar-refractivity contribution in [3.8, 4) is 0 Å². The summed E-state index contributed by atoms with van der Waals surface area (Å²) in [6.07, 6.45) is 3.02. The molecular formula is C19H20N4O4S. The molecule has 8 nitrogen and oxygen atoms in total. The number of carbonyl (C=O) groups is 2. The number of fused-ring (bicyclic) bond motifs is 1. The summed E-state index contributed by atoms with van der Waals surface area (Å²) in [6.45, 7) is 6.43. The standard InChI is InChI=1S/C19H20N4O4S/c1-3-26-19(25)15-12(2)14-16(20-11-21-17(14)28-15)22-6-8-23(9-7-22)18(24)13-5-4-10-27-13/h4-5,10-11H,3,6-9H2,1-2H3. The molecule has 0 unspecified atom stereocenters. The lowest BCUT2D eigenvalue weighted by Gasteiger charge is -2.35. The monoisotopic (exact) mass is 400 g/mol. The minimum absolute atomic E-state index is 0.103. The SMILES string of the molecule is CCOC(=O)c1sc2ncnc(N3CCN(C(=O)c4ccco4)CC3)c2c1C. The molecule has 28 heavy (non-hydrogen) atoms. The van der Waals surface area contributed by atoms with Gasteiger partial charge < -0.3 is 19.0 Å². The van der Waals surface area contributed by atoms with Crippen LogP contribution in [0.1, 0.15) is 32.7 Å². The van der Waals surface area contributed by atoms with E-state index in [2.05, 4.69) is 14.9 Å². The molecule has 0 aromatic carbocycles. The average molecular weight is 400 g/mol. The number of hydrogen-bond donors (Lipinski definition) is 0. The first kappa shape index (κ1) is 18.4. The van der Waals surface area contributed by atoms with Crippen LogP contribution in [0.5, 0.6) is 0 Å². The Morgan fingerprint density at radius 1 is 1.25 bits per heavy atom. The molecule has 0 N–H and O–H groups in total. The van der Waals surface area contributed by atoms with E-state index in [0.29, 0.717) is 43.4 Å². The van der Waals surface area contributed by atoms with E-state index >= 15 is 0 Å². The molecule has 4 heterocycles. The van der Waals surface area contributed by atoms with Gasteiger partial charge in [-0.2, -0.15) is 0 Å². The molecule has 1 aliphatic rings. The fourth-order valence-corrected chi connectivity index (χ4v) is 4.40. The zero-order valence-corrected chi connectivity index (χ0v) is 16.5. The summed E-state index contributed by atoms with van der Waals surface area (Å²) in [5, 5.41) is 0.876. The van der Waals surface area contributed by atoms with Gasteiger partial charge in [0.25, 0.3) is 5.91 Å². The van der Waals surface area contributed by atoms with Crippen molar-refractivity contribution >= 4 is 39.2 Å². The van der Waals surface area contributed by atoms with Crippen molar-refractivity contribution in [2.45, 2.75) is 13.8 Å². The third-order valence-corrected chi connectivity index (χ3v) is 5.95. The Kier molecular flexibility index (Phi) is 4.99. The molecule has 1 amide bonds. The van der Waals surface area contributed by atoms with Gasteiger partial charge in [0, 0.05) is 26.2 Å². The number of thiophene rings is 1. The Hall–Kier alpha value is -2.94. The summed E-state index contributed by atoms with van der Waals surface area (Å²) in [4.78, 5) is 38.7. The van der Waals surface area contributed by atoms with Crippen LogP contribution in [0.4, 0.5) is 5.82 Å². The Balaban J connectivity index is 1.57. The lowest BCUT2D eigenvalue weighted by Crippen LogP contribution is -2.49. The summed E-state index contributed by atoms with van der Waals surface area (Å²) in [5.74, 6) is 0.710. The molecular weight excluding hydrogens is 380 g/mol. The first-order valence-corrected chi connectivity index (χ1v) is 9.90. The largest absolute Gasteiger partial charge is 0.462 e. The first-order chi connectivity index (χ1) is 13.6. The molecule has 4 rings (SSSR count). The van der Waals surface area contributed by atoms with E-state index in [1.807, 2.05) is 6.92 Å². The number of carbonyl (C=O) groups excluding carboxylic acids is 2. The zero-order chi connectivity index (χ0) is 19.7. The van der Waals surface area contributed by atoms with Crippen molar-refractivity contribution in [2.24, 2.45) is 0 Å². The van der Waals surface area contributed by atoms with Gasteiger partial charge in [0.2, 0.25) is 0 Å². The van der Waals surface area contributed by atoms with Crippen LogP contribution in [-0.2, 0) is 4.74 Å². The normalized spacial score (nSPS) is 14.5. The molecule has 1 aliphatic heterocycles. The molecule has 0 bridgehead atoms. The molecule has 3 aromatic heterocycles. The molecule has 1 saturated heterocycles. The molecule has 1 fully saturated rings. The third kappa shape index (κ3) is 3.22. The Bertz CT molecular complexity index is 1010. The highest BCUT2D eigenvalue weighted by molar-refractivity contribution is 7.20. The highest BCUT2D eigenvalue weighted by atomic mass is 32.1. The first-order valence-electron chi connectivity index (χ1n) is 9.09. The summed E-state index contributed by atoms with van der Waals surface area (Å²) >= 11 is 1.32. The van der Waals surface area contributed by atoms with Gasteiger partial charge in [0.05, 0.1) is 18.3 Å². The number of anilines is 1. The summed E-state index contributed by atoms with van der Waals surface area (Å²) in [5.41, 5.74) is 0.836. The Labute approximate surface area is 165 Å². The minimum Gasteiger partial charge on any atom is -0.462 e. The van der Waals surface area contributed by atoms with Gasteiger partial charge in [-0.3, -0.25) is 4.79 Å². The summed E-state index contributed by atoms with van der Waals surface area (Å²) in [6, 6.07) is 3.38. The molecule has 0 saturated carbocycles. The van der Waals surface area contributed by atoms with E-state index < -0.39 is 0 Å². The van der Waals surface area contributed by atoms with Crippen LogP contribution in [0.2, 0.25) is 0 Å². The number of aromatic nitrogens is 2. The van der Waals surface area contributed by atoms with Crippen LogP contribution in [0.15, 0.2) is 29.1 Å². The molecule has 3 aromatic rings. The number of aryl methyl sites for hydroxylation is 1. The van der Waals surface area contributed by atoms with Crippen molar-refractivity contribution in [3.05, 3.63) is 40.9 Å². The number of amides is 1. The van der Waals surface area contributed by atoms with E-state index in [1.54, 1.807) is 24.0 Å². The number of piperazine rings is 1. The third-order valence-electron chi connectivity index (χ3n) is 4.77. The van der Waals surface area contributed by atoms with E-state index in [9.17, 15) is 9.59 Å². The second-order valence-corrected chi connectivity index (χ2v) is 7.41. The van der Waals surface area contributed by atoms with Crippen LogP contribution in [-0.4, -0.2) is 59.5 Å². The summed E-state index contributed by atoms with van der Waals surface area (Å²) in [7, 11) is 0. The van der Waals surface area contributed by atoms with Crippen molar-refractivity contribution < 1.29 is 18.7 Å². The van der Waals surface area contributed by atoms with Crippen LogP contribution in [0.25, 0.3) is 10.2 Å². The molecule has 0 spiro atoms. The van der Waals surface area contributed by atoms with Crippen molar-refractivity contribution in [1.29, 1.82) is 0 Å². The van der Waals surface area contributed by atoms with Gasteiger partial charge in [0.15, 0.2) is 5.76 Å². The molecule has 9 heteroatoms. The Morgan fingerprint density at radius 2 is 2.04 bits per heavy atom. The molecule has 0 atom stereocenters. The maximum Gasteiger partial charge on any atom is 0.348 e. The molecule has 146 valence electrons. The van der Waals surface area contributed by atoms with Crippen LogP contribution >= 0.6 is 11.3 Å². The lowest BCUT2D eigenvalue weighted by atomic mass is 10.2. The zero-order valence-electron chi connectivity index (χ0n) is 15.7. The van der Waals surface area contributed by atoms with Crippen LogP contribution in [0, 0.1) is 6.92 Å².